The van der Waals surface area contributed by atoms with Gasteiger partial charge in [0.25, 0.3) is 5.91 Å². The van der Waals surface area contributed by atoms with Crippen LogP contribution in [0.25, 0.3) is 5.69 Å². The number of nitrogens with zero attached hydrogens (tertiary/aromatic N) is 3. The fraction of sp³-hybridized carbons (Fsp3) is 0.524. The second kappa shape index (κ2) is 8.49. The number of hydrogen-bond acceptors (Lipinski definition) is 5. The Morgan fingerprint density at radius 3 is 2.87 bits per heavy atom. The van der Waals surface area contributed by atoms with Gasteiger partial charge in [0.2, 0.25) is 10.0 Å². The fourth-order valence-electron chi connectivity index (χ4n) is 3.88. The van der Waals surface area contributed by atoms with Crippen LogP contribution >= 0.6 is 0 Å². The zero-order chi connectivity index (χ0) is 21.3. The molecule has 2 aliphatic heterocycles. The van der Waals surface area contributed by atoms with Crippen molar-refractivity contribution in [3.63, 3.8) is 0 Å². The van der Waals surface area contributed by atoms with E-state index in [0.29, 0.717) is 30.4 Å². The summed E-state index contributed by atoms with van der Waals surface area (Å²) in [5, 5.41) is 2.90. The van der Waals surface area contributed by atoms with Crippen molar-refractivity contribution in [2.75, 3.05) is 19.7 Å². The molecule has 3 heterocycles. The maximum absolute atomic E-state index is 13.4. The Morgan fingerprint density at radius 1 is 1.33 bits per heavy atom. The second-order valence-electron chi connectivity index (χ2n) is 8.24. The van der Waals surface area contributed by atoms with Gasteiger partial charge in [0.05, 0.1) is 24.0 Å². The van der Waals surface area contributed by atoms with Gasteiger partial charge in [0, 0.05) is 19.7 Å². The first-order chi connectivity index (χ1) is 14.4. The Bertz CT molecular complexity index is 1030. The van der Waals surface area contributed by atoms with Gasteiger partial charge in [-0.1, -0.05) is 26.0 Å². The molecule has 1 N–H and O–H groups in total. The summed E-state index contributed by atoms with van der Waals surface area (Å²) < 4.78 is 35.5. The number of imidazole rings is 1. The molecule has 162 valence electrons. The molecule has 0 radical (unpaired) electrons. The number of fused-ring (bicyclic) bond motifs is 3. The zero-order valence-corrected chi connectivity index (χ0v) is 18.2. The average Bonchev–Trinajstić information content (AvgIpc) is 3.37. The molecule has 2 aliphatic rings. The Kier molecular flexibility index (Phi) is 5.95. The molecule has 0 bridgehead atoms. The van der Waals surface area contributed by atoms with Gasteiger partial charge < -0.3 is 10.1 Å². The lowest BCUT2D eigenvalue weighted by Crippen LogP contribution is -2.34. The molecule has 1 fully saturated rings. The van der Waals surface area contributed by atoms with Gasteiger partial charge in [-0.05, 0) is 37.3 Å². The number of amides is 1. The minimum absolute atomic E-state index is 0.0267. The molecular formula is C21H28N4O4S. The van der Waals surface area contributed by atoms with Crippen LogP contribution in [0.15, 0.2) is 35.5 Å². The van der Waals surface area contributed by atoms with Crippen molar-refractivity contribution in [2.45, 2.75) is 50.7 Å². The van der Waals surface area contributed by atoms with Crippen molar-refractivity contribution in [1.82, 2.24) is 19.2 Å². The molecule has 0 saturated carbocycles. The van der Waals surface area contributed by atoms with Crippen LogP contribution in [-0.4, -0.2) is 54.0 Å². The van der Waals surface area contributed by atoms with E-state index in [1.165, 1.54) is 10.6 Å². The first-order valence-corrected chi connectivity index (χ1v) is 11.9. The van der Waals surface area contributed by atoms with Gasteiger partial charge in [-0.25, -0.2) is 13.4 Å². The van der Waals surface area contributed by atoms with E-state index in [1.54, 1.807) is 28.8 Å². The first-order valence-electron chi connectivity index (χ1n) is 10.4. The lowest BCUT2D eigenvalue weighted by atomic mass is 10.1. The van der Waals surface area contributed by atoms with Crippen LogP contribution in [0.2, 0.25) is 0 Å². The average molecular weight is 433 g/mol. The molecule has 4 rings (SSSR count). The van der Waals surface area contributed by atoms with Crippen LogP contribution in [0.4, 0.5) is 0 Å². The highest BCUT2D eigenvalue weighted by Gasteiger charge is 2.34. The van der Waals surface area contributed by atoms with Crippen LogP contribution in [0, 0.1) is 5.92 Å². The third kappa shape index (κ3) is 4.01. The predicted octanol–water partition coefficient (Wildman–Crippen LogP) is 2.33. The van der Waals surface area contributed by atoms with Gasteiger partial charge in [-0.15, -0.1) is 0 Å². The molecule has 30 heavy (non-hydrogen) atoms. The van der Waals surface area contributed by atoms with Crippen LogP contribution in [0.1, 0.15) is 49.3 Å². The maximum Gasteiger partial charge on any atom is 0.271 e. The first kappa shape index (κ1) is 21.0. The predicted molar refractivity (Wildman–Crippen MR) is 112 cm³/mol. The zero-order valence-electron chi connectivity index (χ0n) is 17.4. The normalized spacial score (nSPS) is 20.6. The highest BCUT2D eigenvalue weighted by Crippen LogP contribution is 2.31. The highest BCUT2D eigenvalue weighted by atomic mass is 32.2. The number of benzene rings is 1. The van der Waals surface area contributed by atoms with Gasteiger partial charge in [0.1, 0.15) is 11.2 Å². The molecule has 8 nitrogen and oxygen atoms in total. The van der Waals surface area contributed by atoms with Crippen molar-refractivity contribution in [1.29, 1.82) is 0 Å². The van der Waals surface area contributed by atoms with Crippen molar-refractivity contribution in [3.05, 3.63) is 42.0 Å². The SMILES string of the molecule is CC(C)CCN1Cc2c(C(=O)NC[C@@H]3CCCO3)ncn2-c2ccccc2S1(=O)=O. The van der Waals surface area contributed by atoms with Crippen LogP contribution in [0.3, 0.4) is 0 Å². The number of sulfonamides is 1. The van der Waals surface area contributed by atoms with E-state index < -0.39 is 10.0 Å². The standard InChI is InChI=1S/C21H28N4O4S/c1-15(2)9-10-24-13-18-20(21(26)22-12-16-6-5-11-29-16)23-14-25(18)17-7-3-4-8-19(17)30(24,27)28/h3-4,7-8,14-16H,5-6,9-13H2,1-2H3,(H,22,26)/t16-/m0/s1. The van der Waals surface area contributed by atoms with E-state index in [0.717, 1.165) is 25.9 Å². The molecule has 0 aliphatic carbocycles. The Hall–Kier alpha value is -2.23. The lowest BCUT2D eigenvalue weighted by molar-refractivity contribution is 0.0852. The van der Waals surface area contributed by atoms with Crippen LogP contribution in [-0.2, 0) is 21.3 Å². The molecular weight excluding hydrogens is 404 g/mol. The molecule has 0 unspecified atom stereocenters. The van der Waals surface area contributed by atoms with E-state index in [4.69, 9.17) is 4.74 Å². The van der Waals surface area contributed by atoms with Gasteiger partial charge in [-0.2, -0.15) is 4.31 Å². The number of para-hydroxylation sites is 1. The monoisotopic (exact) mass is 432 g/mol. The third-order valence-electron chi connectivity index (χ3n) is 5.62. The largest absolute Gasteiger partial charge is 0.376 e. The maximum atomic E-state index is 13.4. The van der Waals surface area contributed by atoms with E-state index in [2.05, 4.69) is 24.1 Å². The van der Waals surface area contributed by atoms with E-state index in [1.807, 2.05) is 0 Å². The summed E-state index contributed by atoms with van der Waals surface area (Å²) in [5.74, 6) is 0.0534. The van der Waals surface area contributed by atoms with Crippen molar-refractivity contribution in [2.24, 2.45) is 5.92 Å². The topological polar surface area (TPSA) is 93.5 Å². The van der Waals surface area contributed by atoms with Crippen LogP contribution < -0.4 is 5.32 Å². The van der Waals surface area contributed by atoms with Crippen molar-refractivity contribution < 1.29 is 17.9 Å². The molecule has 0 spiro atoms. The molecule has 1 amide bonds. The lowest BCUT2D eigenvalue weighted by Gasteiger charge is -2.21. The molecule has 9 heteroatoms. The van der Waals surface area contributed by atoms with Gasteiger partial charge in [0.15, 0.2) is 5.69 Å². The summed E-state index contributed by atoms with van der Waals surface area (Å²) in [6.07, 6.45) is 4.22. The smallest absolute Gasteiger partial charge is 0.271 e. The minimum atomic E-state index is -3.69. The summed E-state index contributed by atoms with van der Waals surface area (Å²) in [7, 11) is -3.69. The summed E-state index contributed by atoms with van der Waals surface area (Å²) in [6.45, 7) is 5.76. The number of nitrogens with one attached hydrogen (secondary N) is 1. The summed E-state index contributed by atoms with van der Waals surface area (Å²) >= 11 is 0. The van der Waals surface area contributed by atoms with E-state index >= 15 is 0 Å². The van der Waals surface area contributed by atoms with Gasteiger partial charge >= 0.3 is 0 Å². The number of rotatable bonds is 6. The third-order valence-corrected chi connectivity index (χ3v) is 7.51. The van der Waals surface area contributed by atoms with E-state index in [9.17, 15) is 13.2 Å². The summed E-state index contributed by atoms with van der Waals surface area (Å²) in [6, 6.07) is 6.87. The highest BCUT2D eigenvalue weighted by molar-refractivity contribution is 7.89. The summed E-state index contributed by atoms with van der Waals surface area (Å²) in [4.78, 5) is 17.5. The molecule has 1 aromatic heterocycles. The Morgan fingerprint density at radius 2 is 2.13 bits per heavy atom. The second-order valence-corrected chi connectivity index (χ2v) is 10.2. The number of hydrogen-bond donors (Lipinski definition) is 1. The summed E-state index contributed by atoms with van der Waals surface area (Å²) in [5.41, 5.74) is 1.36. The Balaban J connectivity index is 1.69. The fourth-order valence-corrected chi connectivity index (χ4v) is 5.48. The molecule has 2 aromatic rings. The number of ether oxygens (including phenoxy) is 1. The molecule has 1 saturated heterocycles. The van der Waals surface area contributed by atoms with Gasteiger partial charge in [-0.3, -0.25) is 9.36 Å². The number of aromatic nitrogens is 2. The van der Waals surface area contributed by atoms with Crippen LogP contribution in [0.5, 0.6) is 0 Å². The Labute approximate surface area is 177 Å². The quantitative estimate of drug-likeness (QED) is 0.756. The number of carbonyl (C=O) groups excluding carboxylic acids is 1. The number of carbonyl (C=O) groups is 1. The minimum Gasteiger partial charge on any atom is -0.376 e. The molecule has 1 aromatic carbocycles. The van der Waals surface area contributed by atoms with E-state index in [-0.39, 0.29) is 29.1 Å². The van der Waals surface area contributed by atoms with Crippen molar-refractivity contribution in [3.8, 4) is 5.69 Å². The molecule has 1 atom stereocenters. The van der Waals surface area contributed by atoms with Crippen molar-refractivity contribution >= 4 is 15.9 Å².